The summed E-state index contributed by atoms with van der Waals surface area (Å²) in [5, 5.41) is 0. The standard InChI is InChI=1S/C20H26O4S3/c1-21-13-19(23-3)26-17-9-5-15(6-10-17)25-16-7-11-18(12-8-16)27-20(24-4)14-22-2/h5-12,19-20H,13-14H2,1-4H3. The number of ether oxygens (including phenoxy) is 4. The lowest BCUT2D eigenvalue weighted by molar-refractivity contribution is 0.0813. The van der Waals surface area contributed by atoms with Crippen molar-refractivity contribution in [3.63, 3.8) is 0 Å². The molecule has 2 rings (SSSR count). The number of benzene rings is 2. The van der Waals surface area contributed by atoms with Gasteiger partial charge in [-0.05, 0) is 48.5 Å². The molecule has 4 nitrogen and oxygen atoms in total. The maximum atomic E-state index is 5.40. The highest BCUT2D eigenvalue weighted by molar-refractivity contribution is 8.00. The van der Waals surface area contributed by atoms with E-state index < -0.39 is 0 Å². The van der Waals surface area contributed by atoms with Gasteiger partial charge in [-0.15, -0.1) is 0 Å². The third kappa shape index (κ3) is 8.07. The lowest BCUT2D eigenvalue weighted by Crippen LogP contribution is -2.12. The Balaban J connectivity index is 1.91. The maximum Gasteiger partial charge on any atom is 0.130 e. The van der Waals surface area contributed by atoms with Gasteiger partial charge in [-0.3, -0.25) is 0 Å². The van der Waals surface area contributed by atoms with Crippen molar-refractivity contribution < 1.29 is 18.9 Å². The van der Waals surface area contributed by atoms with Crippen molar-refractivity contribution >= 4 is 35.3 Å². The van der Waals surface area contributed by atoms with Gasteiger partial charge in [0.05, 0.1) is 13.2 Å². The van der Waals surface area contributed by atoms with Crippen LogP contribution in [-0.2, 0) is 18.9 Å². The molecule has 0 fully saturated rings. The van der Waals surface area contributed by atoms with Crippen LogP contribution in [0, 0.1) is 0 Å². The van der Waals surface area contributed by atoms with E-state index in [4.69, 9.17) is 18.9 Å². The van der Waals surface area contributed by atoms with Crippen molar-refractivity contribution in [2.45, 2.75) is 30.5 Å². The molecule has 27 heavy (non-hydrogen) atoms. The fourth-order valence-corrected chi connectivity index (χ4v) is 4.80. The molecule has 0 aliphatic carbocycles. The van der Waals surface area contributed by atoms with E-state index >= 15 is 0 Å². The van der Waals surface area contributed by atoms with Crippen LogP contribution in [0.2, 0.25) is 0 Å². The SMILES string of the molecule is COCC(OC)Sc1ccc(Sc2ccc(SC(COC)OC)cc2)cc1. The summed E-state index contributed by atoms with van der Waals surface area (Å²) in [6.07, 6.45) is 0. The highest BCUT2D eigenvalue weighted by Crippen LogP contribution is 2.33. The Bertz CT molecular complexity index is 592. The van der Waals surface area contributed by atoms with Gasteiger partial charge in [-0.25, -0.2) is 0 Å². The molecule has 0 heterocycles. The van der Waals surface area contributed by atoms with Crippen molar-refractivity contribution in [1.82, 2.24) is 0 Å². The van der Waals surface area contributed by atoms with Crippen LogP contribution in [0.5, 0.6) is 0 Å². The summed E-state index contributed by atoms with van der Waals surface area (Å²) < 4.78 is 21.1. The van der Waals surface area contributed by atoms with E-state index in [9.17, 15) is 0 Å². The van der Waals surface area contributed by atoms with Crippen molar-refractivity contribution in [2.24, 2.45) is 0 Å². The quantitative estimate of drug-likeness (QED) is 0.338. The maximum absolute atomic E-state index is 5.40. The minimum atomic E-state index is 0.00702. The zero-order valence-electron chi connectivity index (χ0n) is 16.0. The molecule has 0 saturated carbocycles. The average molecular weight is 427 g/mol. The van der Waals surface area contributed by atoms with Crippen LogP contribution in [-0.4, -0.2) is 52.5 Å². The van der Waals surface area contributed by atoms with E-state index in [0.717, 1.165) is 0 Å². The molecule has 0 amide bonds. The molecule has 148 valence electrons. The minimum absolute atomic E-state index is 0.00702. The summed E-state index contributed by atoms with van der Waals surface area (Å²) in [6.45, 7) is 1.13. The Hall–Kier alpha value is -0.670. The zero-order chi connectivity index (χ0) is 19.5. The van der Waals surface area contributed by atoms with Gasteiger partial charge in [0.2, 0.25) is 0 Å². The van der Waals surface area contributed by atoms with E-state index in [-0.39, 0.29) is 10.9 Å². The molecule has 2 unspecified atom stereocenters. The molecule has 2 aromatic carbocycles. The van der Waals surface area contributed by atoms with Crippen molar-refractivity contribution in [1.29, 1.82) is 0 Å². The first-order chi connectivity index (χ1) is 13.2. The highest BCUT2D eigenvalue weighted by atomic mass is 32.2. The van der Waals surface area contributed by atoms with Gasteiger partial charge in [0.25, 0.3) is 0 Å². The summed E-state index contributed by atoms with van der Waals surface area (Å²) >= 11 is 5.07. The smallest absolute Gasteiger partial charge is 0.130 e. The highest BCUT2D eigenvalue weighted by Gasteiger charge is 2.10. The number of methoxy groups -OCH3 is 4. The van der Waals surface area contributed by atoms with Gasteiger partial charge in [0.15, 0.2) is 0 Å². The summed E-state index contributed by atoms with van der Waals surface area (Å²) in [7, 11) is 6.77. The number of hydrogen-bond acceptors (Lipinski definition) is 7. The minimum Gasteiger partial charge on any atom is -0.381 e. The molecular formula is C20H26O4S3. The van der Waals surface area contributed by atoms with Crippen LogP contribution >= 0.6 is 35.3 Å². The van der Waals surface area contributed by atoms with Gasteiger partial charge in [-0.2, -0.15) is 0 Å². The molecule has 0 radical (unpaired) electrons. The van der Waals surface area contributed by atoms with E-state index in [1.54, 1.807) is 63.7 Å². The van der Waals surface area contributed by atoms with Gasteiger partial charge in [0, 0.05) is 48.0 Å². The first-order valence-electron chi connectivity index (χ1n) is 8.43. The molecule has 2 atom stereocenters. The normalized spacial score (nSPS) is 13.5. The number of thioether (sulfide) groups is 2. The third-order valence-corrected chi connectivity index (χ3v) is 6.84. The molecule has 0 aliphatic rings. The van der Waals surface area contributed by atoms with Crippen LogP contribution in [0.25, 0.3) is 0 Å². The molecular weight excluding hydrogens is 400 g/mol. The van der Waals surface area contributed by atoms with E-state index in [0.29, 0.717) is 13.2 Å². The third-order valence-electron chi connectivity index (χ3n) is 3.55. The van der Waals surface area contributed by atoms with Crippen LogP contribution in [0.4, 0.5) is 0 Å². The van der Waals surface area contributed by atoms with Crippen molar-refractivity contribution in [2.75, 3.05) is 41.7 Å². The molecule has 0 spiro atoms. The lowest BCUT2D eigenvalue weighted by Gasteiger charge is -2.14. The zero-order valence-corrected chi connectivity index (χ0v) is 18.5. The molecule has 0 N–H and O–H groups in total. The monoisotopic (exact) mass is 426 g/mol. The lowest BCUT2D eigenvalue weighted by atomic mass is 10.4. The second kappa shape index (κ2) is 12.7. The van der Waals surface area contributed by atoms with Gasteiger partial charge >= 0.3 is 0 Å². The van der Waals surface area contributed by atoms with Crippen molar-refractivity contribution in [3.05, 3.63) is 48.5 Å². The second-order valence-corrected chi connectivity index (χ2v) is 9.13. The first-order valence-corrected chi connectivity index (χ1v) is 11.0. The van der Waals surface area contributed by atoms with Crippen LogP contribution in [0.3, 0.4) is 0 Å². The van der Waals surface area contributed by atoms with Gasteiger partial charge in [0.1, 0.15) is 10.9 Å². The molecule has 0 aliphatic heterocycles. The fourth-order valence-electron chi connectivity index (χ4n) is 2.18. The Kier molecular flexibility index (Phi) is 10.7. The largest absolute Gasteiger partial charge is 0.381 e. The van der Waals surface area contributed by atoms with Crippen LogP contribution < -0.4 is 0 Å². The predicted molar refractivity (Wildman–Crippen MR) is 114 cm³/mol. The average Bonchev–Trinajstić information content (AvgIpc) is 2.70. The predicted octanol–water partition coefficient (Wildman–Crippen LogP) is 5.26. The molecule has 2 aromatic rings. The van der Waals surface area contributed by atoms with Crippen molar-refractivity contribution in [3.8, 4) is 0 Å². The second-order valence-electron chi connectivity index (χ2n) is 5.52. The Morgan fingerprint density at radius 1 is 0.593 bits per heavy atom. The molecule has 7 heteroatoms. The van der Waals surface area contributed by atoms with E-state index in [2.05, 4.69) is 48.5 Å². The first kappa shape index (κ1) is 22.6. The topological polar surface area (TPSA) is 36.9 Å². The summed E-state index contributed by atoms with van der Waals surface area (Å²) in [6, 6.07) is 17.0. The van der Waals surface area contributed by atoms with Gasteiger partial charge < -0.3 is 18.9 Å². The van der Waals surface area contributed by atoms with Crippen LogP contribution in [0.1, 0.15) is 0 Å². The summed E-state index contributed by atoms with van der Waals surface area (Å²) in [5.41, 5.74) is 0.0140. The fraction of sp³-hybridized carbons (Fsp3) is 0.400. The van der Waals surface area contributed by atoms with Gasteiger partial charge in [-0.1, -0.05) is 35.3 Å². The number of hydrogen-bond donors (Lipinski definition) is 0. The summed E-state index contributed by atoms with van der Waals surface area (Å²) in [4.78, 5) is 4.74. The summed E-state index contributed by atoms with van der Waals surface area (Å²) in [5.74, 6) is 0. The molecule has 0 saturated heterocycles. The van der Waals surface area contributed by atoms with E-state index in [1.807, 2.05) is 0 Å². The molecule has 0 aromatic heterocycles. The molecule has 0 bridgehead atoms. The Morgan fingerprint density at radius 2 is 0.926 bits per heavy atom. The van der Waals surface area contributed by atoms with E-state index in [1.165, 1.54) is 19.6 Å². The Morgan fingerprint density at radius 3 is 1.22 bits per heavy atom. The Labute approximate surface area is 174 Å². The van der Waals surface area contributed by atoms with Crippen LogP contribution in [0.15, 0.2) is 68.1 Å². The number of rotatable bonds is 12.